The summed E-state index contributed by atoms with van der Waals surface area (Å²) in [6, 6.07) is 12.4. The van der Waals surface area contributed by atoms with Crippen LogP contribution in [-0.4, -0.2) is 20.2 Å². The van der Waals surface area contributed by atoms with Gasteiger partial charge in [-0.25, -0.2) is 8.42 Å². The lowest BCUT2D eigenvalue weighted by atomic mass is 10.1. The minimum Gasteiger partial charge on any atom is -0.326 e. The quantitative estimate of drug-likeness (QED) is 0.633. The highest BCUT2D eigenvalue weighted by atomic mass is 32.2. The molecule has 0 saturated carbocycles. The van der Waals surface area contributed by atoms with Gasteiger partial charge in [0.05, 0.1) is 4.90 Å². The van der Waals surface area contributed by atoms with E-state index in [0.29, 0.717) is 12.1 Å². The Morgan fingerprint density at radius 2 is 1.56 bits per heavy atom. The van der Waals surface area contributed by atoms with Crippen molar-refractivity contribution in [3.05, 3.63) is 59.7 Å². The first kappa shape index (κ1) is 20.6. The van der Waals surface area contributed by atoms with Crippen molar-refractivity contribution in [2.45, 2.75) is 32.1 Å². The molecule has 8 heteroatoms. The Labute approximate surface area is 159 Å². The van der Waals surface area contributed by atoms with Crippen molar-refractivity contribution >= 4 is 27.5 Å². The number of aryl methyl sites for hydroxylation is 1. The van der Waals surface area contributed by atoms with E-state index in [-0.39, 0.29) is 22.3 Å². The first-order valence-corrected chi connectivity index (χ1v) is 9.94. The maximum absolute atomic E-state index is 12.2. The standard InChI is InChI=1S/C19H23N3O4S/c1-13(2)12-18(23)20-16-8-6-15(7-9-16)19(24)21-22-27(25,26)17-10-4-14(3)5-11-17/h4-11,13,22H,12H2,1-3H3,(H,20,23)(H,21,24). The van der Waals surface area contributed by atoms with E-state index < -0.39 is 15.9 Å². The van der Waals surface area contributed by atoms with Crippen LogP contribution in [0.1, 0.15) is 36.2 Å². The van der Waals surface area contributed by atoms with Crippen molar-refractivity contribution in [1.82, 2.24) is 10.3 Å². The van der Waals surface area contributed by atoms with Crippen LogP contribution < -0.4 is 15.6 Å². The highest BCUT2D eigenvalue weighted by Crippen LogP contribution is 2.12. The number of rotatable bonds is 7. The van der Waals surface area contributed by atoms with Gasteiger partial charge in [0.15, 0.2) is 0 Å². The van der Waals surface area contributed by atoms with E-state index in [2.05, 4.69) is 15.6 Å². The van der Waals surface area contributed by atoms with Gasteiger partial charge in [0.25, 0.3) is 15.9 Å². The summed E-state index contributed by atoms with van der Waals surface area (Å²) >= 11 is 0. The van der Waals surface area contributed by atoms with Crippen LogP contribution in [-0.2, 0) is 14.8 Å². The highest BCUT2D eigenvalue weighted by Gasteiger charge is 2.15. The summed E-state index contributed by atoms with van der Waals surface area (Å²) < 4.78 is 24.3. The summed E-state index contributed by atoms with van der Waals surface area (Å²) in [5.74, 6) is -0.463. The minimum absolute atomic E-state index is 0.0524. The summed E-state index contributed by atoms with van der Waals surface area (Å²) in [6.07, 6.45) is 0.406. The number of nitrogens with one attached hydrogen (secondary N) is 3. The van der Waals surface area contributed by atoms with Crippen LogP contribution in [0.3, 0.4) is 0 Å². The van der Waals surface area contributed by atoms with Crippen molar-refractivity contribution in [2.24, 2.45) is 5.92 Å². The molecule has 0 aliphatic rings. The third-order valence-corrected chi connectivity index (χ3v) is 4.92. The number of anilines is 1. The van der Waals surface area contributed by atoms with Gasteiger partial charge in [0.2, 0.25) is 5.91 Å². The molecule has 3 N–H and O–H groups in total. The molecule has 144 valence electrons. The first-order chi connectivity index (χ1) is 12.7. The van der Waals surface area contributed by atoms with Gasteiger partial charge in [-0.05, 0) is 49.2 Å². The Kier molecular flexibility index (Phi) is 6.70. The van der Waals surface area contributed by atoms with Crippen LogP contribution in [0.2, 0.25) is 0 Å². The summed E-state index contributed by atoms with van der Waals surface area (Å²) in [5.41, 5.74) is 3.92. The van der Waals surface area contributed by atoms with Crippen molar-refractivity contribution in [3.8, 4) is 0 Å². The lowest BCUT2D eigenvalue weighted by Gasteiger charge is -2.10. The molecule has 0 atom stereocenters. The molecular weight excluding hydrogens is 366 g/mol. The Balaban J connectivity index is 1.96. The first-order valence-electron chi connectivity index (χ1n) is 8.46. The van der Waals surface area contributed by atoms with Gasteiger partial charge in [-0.15, -0.1) is 4.83 Å². The SMILES string of the molecule is Cc1ccc(S(=O)(=O)NNC(=O)c2ccc(NC(=O)CC(C)C)cc2)cc1. The average Bonchev–Trinajstić information content (AvgIpc) is 2.60. The second-order valence-electron chi connectivity index (χ2n) is 6.60. The molecule has 0 radical (unpaired) electrons. The number of carbonyl (C=O) groups is 2. The Morgan fingerprint density at radius 3 is 2.11 bits per heavy atom. The predicted octanol–water partition coefficient (Wildman–Crippen LogP) is 2.60. The van der Waals surface area contributed by atoms with Gasteiger partial charge >= 0.3 is 0 Å². The van der Waals surface area contributed by atoms with Crippen LogP contribution in [0.4, 0.5) is 5.69 Å². The fourth-order valence-corrected chi connectivity index (χ4v) is 3.09. The van der Waals surface area contributed by atoms with Crippen LogP contribution in [0.15, 0.2) is 53.4 Å². The maximum atomic E-state index is 12.2. The topological polar surface area (TPSA) is 104 Å². The van der Waals surface area contributed by atoms with Crippen LogP contribution in [0.5, 0.6) is 0 Å². The molecule has 2 aromatic rings. The molecule has 0 saturated heterocycles. The van der Waals surface area contributed by atoms with Crippen molar-refractivity contribution in [1.29, 1.82) is 0 Å². The van der Waals surface area contributed by atoms with E-state index in [4.69, 9.17) is 0 Å². The lowest BCUT2D eigenvalue weighted by Crippen LogP contribution is -2.41. The van der Waals surface area contributed by atoms with E-state index in [1.807, 2.05) is 20.8 Å². The van der Waals surface area contributed by atoms with Gasteiger partial charge in [-0.1, -0.05) is 31.5 Å². The largest absolute Gasteiger partial charge is 0.326 e. The number of sulfonamides is 1. The molecule has 0 unspecified atom stereocenters. The molecule has 0 aliphatic heterocycles. The molecule has 0 spiro atoms. The number of hydrogen-bond acceptors (Lipinski definition) is 4. The van der Waals surface area contributed by atoms with E-state index in [0.717, 1.165) is 5.56 Å². The van der Waals surface area contributed by atoms with Crippen LogP contribution >= 0.6 is 0 Å². The second kappa shape index (κ2) is 8.79. The number of amides is 2. The van der Waals surface area contributed by atoms with Gasteiger partial charge in [-0.3, -0.25) is 15.0 Å². The number of carbonyl (C=O) groups excluding carboxylic acids is 2. The van der Waals surface area contributed by atoms with Gasteiger partial charge in [0.1, 0.15) is 0 Å². The molecule has 0 aromatic heterocycles. The normalized spacial score (nSPS) is 11.3. The number of benzene rings is 2. The highest BCUT2D eigenvalue weighted by molar-refractivity contribution is 7.89. The fourth-order valence-electron chi connectivity index (χ4n) is 2.25. The molecule has 2 rings (SSSR count). The Bertz CT molecular complexity index is 905. The Morgan fingerprint density at radius 1 is 0.963 bits per heavy atom. The third-order valence-electron chi connectivity index (χ3n) is 3.65. The molecule has 7 nitrogen and oxygen atoms in total. The van der Waals surface area contributed by atoms with E-state index >= 15 is 0 Å². The zero-order chi connectivity index (χ0) is 20.0. The fraction of sp³-hybridized carbons (Fsp3) is 0.263. The Hall–Kier alpha value is -2.71. The zero-order valence-electron chi connectivity index (χ0n) is 15.4. The maximum Gasteiger partial charge on any atom is 0.266 e. The van der Waals surface area contributed by atoms with Gasteiger partial charge in [0, 0.05) is 17.7 Å². The smallest absolute Gasteiger partial charge is 0.266 e. The molecule has 2 aromatic carbocycles. The summed E-state index contributed by atoms with van der Waals surface area (Å²) in [7, 11) is -3.85. The summed E-state index contributed by atoms with van der Waals surface area (Å²) in [4.78, 5) is 26.0. The summed E-state index contributed by atoms with van der Waals surface area (Å²) in [5, 5.41) is 2.74. The number of hydrazine groups is 1. The van der Waals surface area contributed by atoms with E-state index in [1.54, 1.807) is 24.3 Å². The molecule has 0 bridgehead atoms. The lowest BCUT2D eigenvalue weighted by molar-refractivity contribution is -0.116. The average molecular weight is 389 g/mol. The van der Waals surface area contributed by atoms with Crippen molar-refractivity contribution < 1.29 is 18.0 Å². The minimum atomic E-state index is -3.85. The van der Waals surface area contributed by atoms with Gasteiger partial charge in [-0.2, -0.15) is 0 Å². The monoisotopic (exact) mass is 389 g/mol. The van der Waals surface area contributed by atoms with E-state index in [9.17, 15) is 18.0 Å². The second-order valence-corrected chi connectivity index (χ2v) is 8.28. The van der Waals surface area contributed by atoms with Gasteiger partial charge < -0.3 is 5.32 Å². The zero-order valence-corrected chi connectivity index (χ0v) is 16.3. The molecule has 0 heterocycles. The van der Waals surface area contributed by atoms with Crippen LogP contribution in [0, 0.1) is 12.8 Å². The van der Waals surface area contributed by atoms with Crippen molar-refractivity contribution in [3.63, 3.8) is 0 Å². The predicted molar refractivity (Wildman–Crippen MR) is 103 cm³/mol. The van der Waals surface area contributed by atoms with Crippen molar-refractivity contribution in [2.75, 3.05) is 5.32 Å². The molecule has 2 amide bonds. The number of hydrogen-bond donors (Lipinski definition) is 3. The summed E-state index contributed by atoms with van der Waals surface area (Å²) in [6.45, 7) is 5.75. The van der Waals surface area contributed by atoms with E-state index in [1.165, 1.54) is 24.3 Å². The van der Waals surface area contributed by atoms with Crippen LogP contribution in [0.25, 0.3) is 0 Å². The third kappa shape index (κ3) is 6.19. The molecule has 0 fully saturated rings. The molecular formula is C19H23N3O4S. The molecule has 0 aliphatic carbocycles. The molecule has 27 heavy (non-hydrogen) atoms.